The maximum Gasteiger partial charge on any atom is 0.139 e. The molecular formula is C12H16N4O. The number of ether oxygens (including phenoxy) is 1. The fourth-order valence-electron chi connectivity index (χ4n) is 1.50. The average molecular weight is 232 g/mol. The number of aromatic amines is 1. The summed E-state index contributed by atoms with van der Waals surface area (Å²) in [6, 6.07) is 3.88. The Kier molecular flexibility index (Phi) is 4.23. The van der Waals surface area contributed by atoms with Gasteiger partial charge in [0.05, 0.1) is 6.61 Å². The summed E-state index contributed by atoms with van der Waals surface area (Å²) in [5.74, 6) is 0.849. The Morgan fingerprint density at radius 1 is 1.41 bits per heavy atom. The minimum absolute atomic E-state index is 0.712. The number of hydrogen-bond donors (Lipinski definition) is 2. The second-order valence-corrected chi connectivity index (χ2v) is 3.67. The molecule has 2 N–H and O–H groups in total. The summed E-state index contributed by atoms with van der Waals surface area (Å²) >= 11 is 0. The highest BCUT2D eigenvalue weighted by molar-refractivity contribution is 5.53. The lowest BCUT2D eigenvalue weighted by Crippen LogP contribution is -2.18. The van der Waals surface area contributed by atoms with Crippen LogP contribution in [0.3, 0.4) is 0 Å². The van der Waals surface area contributed by atoms with Gasteiger partial charge >= 0.3 is 0 Å². The van der Waals surface area contributed by atoms with Crippen LogP contribution in [0, 0.1) is 0 Å². The summed E-state index contributed by atoms with van der Waals surface area (Å²) in [6.45, 7) is 2.30. The molecule has 0 saturated carbocycles. The first-order valence-corrected chi connectivity index (χ1v) is 5.54. The largest absolute Gasteiger partial charge is 0.383 e. The van der Waals surface area contributed by atoms with Crippen molar-refractivity contribution >= 4 is 0 Å². The van der Waals surface area contributed by atoms with Crippen LogP contribution in [-0.2, 0) is 11.3 Å². The average Bonchev–Trinajstić information content (AvgIpc) is 2.85. The normalized spacial score (nSPS) is 10.6. The molecule has 0 aromatic carbocycles. The van der Waals surface area contributed by atoms with E-state index in [0.717, 1.165) is 30.2 Å². The fraction of sp³-hybridized carbons (Fsp3) is 0.333. The van der Waals surface area contributed by atoms with Gasteiger partial charge in [-0.1, -0.05) is 0 Å². The van der Waals surface area contributed by atoms with Crippen LogP contribution in [0.15, 0.2) is 30.7 Å². The van der Waals surface area contributed by atoms with Crippen molar-refractivity contribution in [1.29, 1.82) is 0 Å². The molecular weight excluding hydrogens is 216 g/mol. The molecule has 0 fully saturated rings. The predicted molar refractivity (Wildman–Crippen MR) is 65.4 cm³/mol. The van der Waals surface area contributed by atoms with Crippen molar-refractivity contribution in [2.24, 2.45) is 0 Å². The molecule has 0 unspecified atom stereocenters. The summed E-state index contributed by atoms with van der Waals surface area (Å²) in [7, 11) is 1.69. The highest BCUT2D eigenvalue weighted by atomic mass is 16.5. The lowest BCUT2D eigenvalue weighted by molar-refractivity contribution is 0.199. The standard InChI is InChI=1S/C12H16N4O/c1-17-6-5-14-8-11-9-15-12(16-11)10-3-2-4-13-7-10/h2-4,7,9,14H,5-6,8H2,1H3,(H,15,16). The molecule has 2 aromatic heterocycles. The van der Waals surface area contributed by atoms with Crippen molar-refractivity contribution in [1.82, 2.24) is 20.3 Å². The summed E-state index contributed by atoms with van der Waals surface area (Å²) < 4.78 is 4.96. The van der Waals surface area contributed by atoms with Crippen LogP contribution in [0.25, 0.3) is 11.4 Å². The Bertz CT molecular complexity index is 441. The van der Waals surface area contributed by atoms with Crippen LogP contribution >= 0.6 is 0 Å². The van der Waals surface area contributed by atoms with Gasteiger partial charge in [-0.3, -0.25) is 4.98 Å². The third kappa shape index (κ3) is 3.37. The predicted octanol–water partition coefficient (Wildman–Crippen LogP) is 1.21. The number of H-pyrrole nitrogens is 1. The zero-order valence-electron chi connectivity index (χ0n) is 9.81. The van der Waals surface area contributed by atoms with Gasteiger partial charge < -0.3 is 15.0 Å². The molecule has 0 amide bonds. The van der Waals surface area contributed by atoms with Crippen LogP contribution in [0.4, 0.5) is 0 Å². The van der Waals surface area contributed by atoms with Crippen LogP contribution in [0.5, 0.6) is 0 Å². The number of nitrogens with one attached hydrogen (secondary N) is 2. The molecule has 0 aliphatic carbocycles. The van der Waals surface area contributed by atoms with E-state index in [0.29, 0.717) is 6.61 Å². The molecule has 5 heteroatoms. The molecule has 2 rings (SSSR count). The molecule has 0 atom stereocenters. The van der Waals surface area contributed by atoms with Gasteiger partial charge in [-0.15, -0.1) is 0 Å². The maximum atomic E-state index is 4.96. The number of methoxy groups -OCH3 is 1. The second kappa shape index (κ2) is 6.12. The molecule has 0 aliphatic rings. The van der Waals surface area contributed by atoms with Crippen molar-refractivity contribution in [3.63, 3.8) is 0 Å². The van der Waals surface area contributed by atoms with E-state index in [4.69, 9.17) is 4.74 Å². The molecule has 0 saturated heterocycles. The zero-order valence-corrected chi connectivity index (χ0v) is 9.81. The molecule has 2 aromatic rings. The van der Waals surface area contributed by atoms with E-state index in [1.807, 2.05) is 18.3 Å². The van der Waals surface area contributed by atoms with Gasteiger partial charge in [-0.2, -0.15) is 0 Å². The first kappa shape index (κ1) is 11.8. The monoisotopic (exact) mass is 232 g/mol. The van der Waals surface area contributed by atoms with Gasteiger partial charge in [-0.25, -0.2) is 4.98 Å². The lowest BCUT2D eigenvalue weighted by Gasteiger charge is -2.01. The van der Waals surface area contributed by atoms with E-state index in [-0.39, 0.29) is 0 Å². The minimum atomic E-state index is 0.712. The third-order valence-corrected chi connectivity index (χ3v) is 2.36. The van der Waals surface area contributed by atoms with Crippen LogP contribution in [-0.4, -0.2) is 35.2 Å². The number of hydrogen-bond acceptors (Lipinski definition) is 4. The molecule has 0 bridgehead atoms. The maximum absolute atomic E-state index is 4.96. The minimum Gasteiger partial charge on any atom is -0.383 e. The molecule has 90 valence electrons. The number of imidazole rings is 1. The molecule has 0 radical (unpaired) electrons. The van der Waals surface area contributed by atoms with Gasteiger partial charge in [0, 0.05) is 50.0 Å². The number of aromatic nitrogens is 3. The van der Waals surface area contributed by atoms with E-state index in [9.17, 15) is 0 Å². The van der Waals surface area contributed by atoms with E-state index < -0.39 is 0 Å². The molecule has 17 heavy (non-hydrogen) atoms. The topological polar surface area (TPSA) is 62.8 Å². The molecule has 0 aliphatic heterocycles. The third-order valence-electron chi connectivity index (χ3n) is 2.36. The van der Waals surface area contributed by atoms with Crippen molar-refractivity contribution in [2.75, 3.05) is 20.3 Å². The Morgan fingerprint density at radius 2 is 2.35 bits per heavy atom. The van der Waals surface area contributed by atoms with Crippen LogP contribution in [0.1, 0.15) is 5.69 Å². The Labute approximate surface area is 100 Å². The van der Waals surface area contributed by atoms with Crippen LogP contribution in [0.2, 0.25) is 0 Å². The highest BCUT2D eigenvalue weighted by Crippen LogP contribution is 2.13. The first-order chi connectivity index (χ1) is 8.40. The van der Waals surface area contributed by atoms with Crippen LogP contribution < -0.4 is 5.32 Å². The number of rotatable bonds is 6. The Morgan fingerprint density at radius 3 is 3.12 bits per heavy atom. The number of pyridine rings is 1. The Balaban J connectivity index is 1.92. The highest BCUT2D eigenvalue weighted by Gasteiger charge is 2.02. The van der Waals surface area contributed by atoms with Gasteiger partial charge in [0.25, 0.3) is 0 Å². The van der Waals surface area contributed by atoms with Crippen molar-refractivity contribution in [3.8, 4) is 11.4 Å². The quantitative estimate of drug-likeness (QED) is 0.735. The van der Waals surface area contributed by atoms with Crippen molar-refractivity contribution in [2.45, 2.75) is 6.54 Å². The van der Waals surface area contributed by atoms with Gasteiger partial charge in [0.15, 0.2) is 0 Å². The van der Waals surface area contributed by atoms with Crippen molar-refractivity contribution in [3.05, 3.63) is 36.4 Å². The lowest BCUT2D eigenvalue weighted by atomic mass is 10.3. The molecule has 2 heterocycles. The van der Waals surface area contributed by atoms with E-state index in [1.165, 1.54) is 0 Å². The first-order valence-electron chi connectivity index (χ1n) is 5.54. The van der Waals surface area contributed by atoms with Gasteiger partial charge in [0.2, 0.25) is 0 Å². The number of nitrogens with zero attached hydrogens (tertiary/aromatic N) is 2. The SMILES string of the molecule is COCCNCc1cnc(-c2cccnc2)[nH]1. The van der Waals surface area contributed by atoms with E-state index in [1.54, 1.807) is 19.5 Å². The second-order valence-electron chi connectivity index (χ2n) is 3.67. The summed E-state index contributed by atoms with van der Waals surface area (Å²) in [5.41, 5.74) is 2.05. The van der Waals surface area contributed by atoms with Gasteiger partial charge in [0.1, 0.15) is 5.82 Å². The summed E-state index contributed by atoms with van der Waals surface area (Å²) in [5, 5.41) is 3.26. The van der Waals surface area contributed by atoms with Crippen molar-refractivity contribution < 1.29 is 4.74 Å². The van der Waals surface area contributed by atoms with E-state index in [2.05, 4.69) is 20.3 Å². The zero-order chi connectivity index (χ0) is 11.9. The van der Waals surface area contributed by atoms with Gasteiger partial charge in [-0.05, 0) is 12.1 Å². The molecule has 5 nitrogen and oxygen atoms in total. The van der Waals surface area contributed by atoms with E-state index >= 15 is 0 Å². The summed E-state index contributed by atoms with van der Waals surface area (Å²) in [4.78, 5) is 11.6. The fourth-order valence-corrected chi connectivity index (χ4v) is 1.50. The molecule has 0 spiro atoms. The summed E-state index contributed by atoms with van der Waals surface area (Å²) in [6.07, 6.45) is 5.38. The Hall–Kier alpha value is -1.72. The smallest absolute Gasteiger partial charge is 0.139 e.